The molecule has 1 aromatic rings. The van der Waals surface area contributed by atoms with Crippen LogP contribution >= 0.6 is 24.4 Å². The second-order valence-electron chi connectivity index (χ2n) is 5.67. The van der Waals surface area contributed by atoms with Crippen LogP contribution in [-0.4, -0.2) is 16.3 Å². The predicted molar refractivity (Wildman–Crippen MR) is 96.0 cm³/mol. The highest BCUT2D eigenvalue weighted by Crippen LogP contribution is 2.23. The van der Waals surface area contributed by atoms with Gasteiger partial charge in [0.15, 0.2) is 10.2 Å². The van der Waals surface area contributed by atoms with Crippen molar-refractivity contribution in [2.24, 2.45) is 5.92 Å². The van der Waals surface area contributed by atoms with Gasteiger partial charge >= 0.3 is 0 Å². The molecule has 1 fully saturated rings. The van der Waals surface area contributed by atoms with Crippen molar-refractivity contribution in [2.45, 2.75) is 38.6 Å². The average molecular weight is 358 g/mol. The molecule has 1 saturated carbocycles. The molecular formula is C15H20F2N4S2. The van der Waals surface area contributed by atoms with Crippen LogP contribution < -0.4 is 21.5 Å². The van der Waals surface area contributed by atoms with Crippen molar-refractivity contribution in [3.63, 3.8) is 0 Å². The van der Waals surface area contributed by atoms with Crippen LogP contribution in [0.2, 0.25) is 0 Å². The second kappa shape index (κ2) is 8.35. The highest BCUT2D eigenvalue weighted by molar-refractivity contribution is 7.80. The fraction of sp³-hybridized carbons (Fsp3) is 0.467. The first-order valence-electron chi connectivity index (χ1n) is 7.54. The monoisotopic (exact) mass is 358 g/mol. The van der Waals surface area contributed by atoms with Gasteiger partial charge in [-0.1, -0.05) is 19.8 Å². The van der Waals surface area contributed by atoms with E-state index in [-0.39, 0.29) is 10.8 Å². The molecule has 126 valence electrons. The van der Waals surface area contributed by atoms with E-state index < -0.39 is 11.6 Å². The number of rotatable bonds is 2. The Morgan fingerprint density at radius 1 is 1.09 bits per heavy atom. The number of anilines is 1. The molecule has 23 heavy (non-hydrogen) atoms. The molecule has 0 radical (unpaired) electrons. The van der Waals surface area contributed by atoms with Gasteiger partial charge in [-0.25, -0.2) is 8.78 Å². The number of hydrogen-bond acceptors (Lipinski definition) is 2. The van der Waals surface area contributed by atoms with Crippen LogP contribution in [0.25, 0.3) is 0 Å². The fourth-order valence-electron chi connectivity index (χ4n) is 2.59. The zero-order valence-corrected chi connectivity index (χ0v) is 14.4. The van der Waals surface area contributed by atoms with Gasteiger partial charge in [-0.05, 0) is 55.3 Å². The molecule has 0 unspecified atom stereocenters. The lowest BCUT2D eigenvalue weighted by atomic mass is 9.86. The number of benzene rings is 1. The summed E-state index contributed by atoms with van der Waals surface area (Å²) in [6.45, 7) is 2.20. The van der Waals surface area contributed by atoms with Gasteiger partial charge in [-0.2, -0.15) is 0 Å². The smallest absolute Gasteiger partial charge is 0.189 e. The third-order valence-corrected chi connectivity index (χ3v) is 4.32. The first kappa shape index (κ1) is 17.8. The van der Waals surface area contributed by atoms with Gasteiger partial charge in [0.25, 0.3) is 0 Å². The van der Waals surface area contributed by atoms with E-state index in [2.05, 4.69) is 28.4 Å². The van der Waals surface area contributed by atoms with Gasteiger partial charge in [0.05, 0.1) is 5.69 Å². The van der Waals surface area contributed by atoms with E-state index in [0.29, 0.717) is 17.1 Å². The van der Waals surface area contributed by atoms with Crippen molar-refractivity contribution in [3.05, 3.63) is 29.8 Å². The Hall–Kier alpha value is -1.54. The lowest BCUT2D eigenvalue weighted by molar-refractivity contribution is 0.308. The topological polar surface area (TPSA) is 48.1 Å². The largest absolute Gasteiger partial charge is 0.358 e. The van der Waals surface area contributed by atoms with Crippen molar-refractivity contribution in [1.29, 1.82) is 0 Å². The average Bonchev–Trinajstić information content (AvgIpc) is 2.50. The number of halogens is 2. The molecule has 4 N–H and O–H groups in total. The zero-order chi connectivity index (χ0) is 16.8. The Kier molecular flexibility index (Phi) is 6.47. The van der Waals surface area contributed by atoms with E-state index in [9.17, 15) is 8.78 Å². The summed E-state index contributed by atoms with van der Waals surface area (Å²) >= 11 is 10.3. The summed E-state index contributed by atoms with van der Waals surface area (Å²) in [5.41, 5.74) is 5.54. The van der Waals surface area contributed by atoms with Crippen LogP contribution in [0.3, 0.4) is 0 Å². The van der Waals surface area contributed by atoms with Crippen molar-refractivity contribution < 1.29 is 8.78 Å². The molecule has 8 heteroatoms. The standard InChI is InChI=1S/C15H20F2N4S2/c1-9-4-2-3-5-12(9)18-14(22)20-21-15(23)19-13-7-6-10(16)8-11(13)17/h6-9,12H,2-5H2,1H3,(H2,18,20,22)(H2,19,21,23)/t9-,12-/m1/s1. The number of thiocarbonyl (C=S) groups is 2. The molecule has 0 heterocycles. The van der Waals surface area contributed by atoms with Gasteiger partial charge in [0.2, 0.25) is 0 Å². The van der Waals surface area contributed by atoms with Crippen molar-refractivity contribution >= 4 is 40.3 Å². The van der Waals surface area contributed by atoms with E-state index in [4.69, 9.17) is 24.4 Å². The summed E-state index contributed by atoms with van der Waals surface area (Å²) in [4.78, 5) is 0. The highest BCUT2D eigenvalue weighted by Gasteiger charge is 2.21. The summed E-state index contributed by atoms with van der Waals surface area (Å²) in [5.74, 6) is -0.787. The van der Waals surface area contributed by atoms with Crippen molar-refractivity contribution in [3.8, 4) is 0 Å². The van der Waals surface area contributed by atoms with Gasteiger partial charge < -0.3 is 10.6 Å². The van der Waals surface area contributed by atoms with Crippen LogP contribution in [0, 0.1) is 17.6 Å². The Morgan fingerprint density at radius 2 is 1.78 bits per heavy atom. The lowest BCUT2D eigenvalue weighted by Crippen LogP contribution is -2.52. The summed E-state index contributed by atoms with van der Waals surface area (Å²) in [7, 11) is 0. The minimum atomic E-state index is -0.717. The van der Waals surface area contributed by atoms with Gasteiger partial charge in [0.1, 0.15) is 11.6 Å². The van der Waals surface area contributed by atoms with E-state index in [1.54, 1.807) is 0 Å². The van der Waals surface area contributed by atoms with Crippen LogP contribution in [0.15, 0.2) is 18.2 Å². The van der Waals surface area contributed by atoms with Crippen LogP contribution in [-0.2, 0) is 0 Å². The van der Waals surface area contributed by atoms with E-state index >= 15 is 0 Å². The summed E-state index contributed by atoms with van der Waals surface area (Å²) in [5, 5.41) is 6.46. The number of hydrogen-bond donors (Lipinski definition) is 4. The van der Waals surface area contributed by atoms with E-state index in [1.165, 1.54) is 25.3 Å². The number of hydrazine groups is 1. The molecule has 0 saturated heterocycles. The summed E-state index contributed by atoms with van der Waals surface area (Å²) in [6.07, 6.45) is 4.74. The maximum atomic E-state index is 13.5. The number of nitrogens with one attached hydrogen (secondary N) is 4. The maximum absolute atomic E-state index is 13.5. The first-order valence-corrected chi connectivity index (χ1v) is 8.36. The molecule has 2 rings (SSSR count). The zero-order valence-electron chi connectivity index (χ0n) is 12.8. The third-order valence-electron chi connectivity index (χ3n) is 3.90. The summed E-state index contributed by atoms with van der Waals surface area (Å²) in [6, 6.07) is 3.56. The van der Waals surface area contributed by atoms with Crippen molar-refractivity contribution in [2.75, 3.05) is 5.32 Å². The maximum Gasteiger partial charge on any atom is 0.189 e. The Bertz CT molecular complexity index is 583. The normalized spacial score (nSPS) is 20.5. The third kappa shape index (κ3) is 5.54. The minimum absolute atomic E-state index is 0.0884. The summed E-state index contributed by atoms with van der Waals surface area (Å²) < 4.78 is 26.4. The Labute approximate surface area is 145 Å². The molecule has 1 aliphatic rings. The molecule has 1 aliphatic carbocycles. The predicted octanol–water partition coefficient (Wildman–Crippen LogP) is 3.21. The molecule has 4 nitrogen and oxygen atoms in total. The molecular weight excluding hydrogens is 338 g/mol. The minimum Gasteiger partial charge on any atom is -0.358 e. The van der Waals surface area contributed by atoms with Crippen LogP contribution in [0.1, 0.15) is 32.6 Å². The highest BCUT2D eigenvalue weighted by atomic mass is 32.1. The molecule has 0 aromatic heterocycles. The Balaban J connectivity index is 1.76. The molecule has 0 amide bonds. The van der Waals surface area contributed by atoms with Gasteiger partial charge in [0, 0.05) is 12.1 Å². The molecule has 1 aromatic carbocycles. The van der Waals surface area contributed by atoms with Crippen LogP contribution in [0.5, 0.6) is 0 Å². The Morgan fingerprint density at radius 3 is 2.48 bits per heavy atom. The van der Waals surface area contributed by atoms with E-state index in [1.807, 2.05) is 0 Å². The lowest BCUT2D eigenvalue weighted by Gasteiger charge is -2.30. The second-order valence-corrected chi connectivity index (χ2v) is 6.49. The van der Waals surface area contributed by atoms with Gasteiger partial charge in [-0.15, -0.1) is 0 Å². The molecule has 0 spiro atoms. The van der Waals surface area contributed by atoms with Crippen LogP contribution in [0.4, 0.5) is 14.5 Å². The SMILES string of the molecule is C[C@@H]1CCCC[C@H]1NC(=S)NNC(=S)Nc1ccc(F)cc1F. The molecule has 0 bridgehead atoms. The molecule has 0 aliphatic heterocycles. The van der Waals surface area contributed by atoms with E-state index in [0.717, 1.165) is 18.6 Å². The fourth-order valence-corrected chi connectivity index (χ4v) is 2.96. The first-order chi connectivity index (χ1) is 11.0. The van der Waals surface area contributed by atoms with Crippen molar-refractivity contribution in [1.82, 2.24) is 16.2 Å². The quantitative estimate of drug-likeness (QED) is 0.481. The van der Waals surface area contributed by atoms with Gasteiger partial charge in [-0.3, -0.25) is 10.9 Å². The molecule has 2 atom stereocenters.